The van der Waals surface area contributed by atoms with Gasteiger partial charge in [-0.2, -0.15) is 0 Å². The molecule has 2 aromatic carbocycles. The van der Waals surface area contributed by atoms with Crippen LogP contribution in [0.5, 0.6) is 0 Å². The van der Waals surface area contributed by atoms with Crippen molar-refractivity contribution in [2.45, 2.75) is 25.9 Å². The number of nitrogens with zero attached hydrogens (tertiary/aromatic N) is 1. The molecule has 1 N–H and O–H groups in total. The van der Waals surface area contributed by atoms with E-state index in [1.54, 1.807) is 12.1 Å². The molecule has 1 heterocycles. The zero-order chi connectivity index (χ0) is 17.8. The van der Waals surface area contributed by atoms with Gasteiger partial charge in [0.2, 0.25) is 5.91 Å². The highest BCUT2D eigenvalue weighted by Crippen LogP contribution is 2.23. The Hall–Kier alpha value is -2.04. The number of hydrogen-bond acceptors (Lipinski definition) is 2. The van der Waals surface area contributed by atoms with Crippen molar-refractivity contribution in [3.8, 4) is 0 Å². The van der Waals surface area contributed by atoms with Crippen LogP contribution < -0.4 is 5.32 Å². The zero-order valence-electron chi connectivity index (χ0n) is 13.6. The number of nitrogens with one attached hydrogen (secondary N) is 1. The molecule has 0 radical (unpaired) electrons. The average Bonchev–Trinajstić information content (AvgIpc) is 3.05. The summed E-state index contributed by atoms with van der Waals surface area (Å²) in [6.07, 6.45) is 1.01. The standard InChI is InChI=1S/C19H18Cl2N2O2/c20-16-8-7-13(10-17(16)21)19(25)22-9-3-6-18(24)23-11-14-4-1-2-5-15(14)12-23/h1-2,4-5,7-8,10H,3,6,9,11-12H2,(H,22,25). The van der Waals surface area contributed by atoms with Crippen molar-refractivity contribution in [2.24, 2.45) is 0 Å². The van der Waals surface area contributed by atoms with E-state index in [0.717, 1.165) is 0 Å². The Morgan fingerprint density at radius 1 is 1.00 bits per heavy atom. The predicted molar refractivity (Wildman–Crippen MR) is 98.7 cm³/mol. The van der Waals surface area contributed by atoms with Gasteiger partial charge in [-0.3, -0.25) is 9.59 Å². The Bertz CT molecular complexity index is 783. The first kappa shape index (κ1) is 17.8. The van der Waals surface area contributed by atoms with Crippen molar-refractivity contribution in [3.05, 3.63) is 69.2 Å². The van der Waals surface area contributed by atoms with Crippen LogP contribution in [0.4, 0.5) is 0 Å². The van der Waals surface area contributed by atoms with Crippen LogP contribution in [0.1, 0.15) is 34.3 Å². The SMILES string of the molecule is O=C(NCCCC(=O)N1Cc2ccccc2C1)c1ccc(Cl)c(Cl)c1. The number of carbonyl (C=O) groups is 2. The molecule has 0 aromatic heterocycles. The molecular formula is C19H18Cl2N2O2. The van der Waals surface area contributed by atoms with Gasteiger partial charge in [0.1, 0.15) is 0 Å². The van der Waals surface area contributed by atoms with Crippen LogP contribution in [-0.4, -0.2) is 23.3 Å². The van der Waals surface area contributed by atoms with Crippen molar-refractivity contribution in [1.29, 1.82) is 0 Å². The van der Waals surface area contributed by atoms with Crippen LogP contribution in [0.2, 0.25) is 10.0 Å². The summed E-state index contributed by atoms with van der Waals surface area (Å²) in [5.41, 5.74) is 2.88. The summed E-state index contributed by atoms with van der Waals surface area (Å²) in [4.78, 5) is 26.2. The quantitative estimate of drug-likeness (QED) is 0.800. The highest BCUT2D eigenvalue weighted by molar-refractivity contribution is 6.42. The van der Waals surface area contributed by atoms with Crippen molar-refractivity contribution < 1.29 is 9.59 Å². The summed E-state index contributed by atoms with van der Waals surface area (Å²) in [5.74, 6) is -0.112. The van der Waals surface area contributed by atoms with Crippen LogP contribution in [0.25, 0.3) is 0 Å². The lowest BCUT2D eigenvalue weighted by Crippen LogP contribution is -2.28. The number of rotatable bonds is 5. The minimum Gasteiger partial charge on any atom is -0.352 e. The monoisotopic (exact) mass is 376 g/mol. The molecular weight excluding hydrogens is 359 g/mol. The maximum Gasteiger partial charge on any atom is 0.251 e. The van der Waals surface area contributed by atoms with Gasteiger partial charge in [0.25, 0.3) is 5.91 Å². The summed E-state index contributed by atoms with van der Waals surface area (Å²) in [6, 6.07) is 12.8. The summed E-state index contributed by atoms with van der Waals surface area (Å²) in [5, 5.41) is 3.56. The molecule has 0 bridgehead atoms. The van der Waals surface area contributed by atoms with Crippen molar-refractivity contribution in [3.63, 3.8) is 0 Å². The van der Waals surface area contributed by atoms with Gasteiger partial charge in [0, 0.05) is 31.6 Å². The Morgan fingerprint density at radius 2 is 1.68 bits per heavy atom. The fraction of sp³-hybridized carbons (Fsp3) is 0.263. The van der Waals surface area contributed by atoms with Gasteiger partial charge in [-0.1, -0.05) is 47.5 Å². The lowest BCUT2D eigenvalue weighted by atomic mass is 10.1. The Morgan fingerprint density at radius 3 is 2.32 bits per heavy atom. The molecule has 3 rings (SSSR count). The highest BCUT2D eigenvalue weighted by Gasteiger charge is 2.22. The molecule has 0 spiro atoms. The molecule has 2 amide bonds. The maximum atomic E-state index is 12.3. The lowest BCUT2D eigenvalue weighted by molar-refractivity contribution is -0.131. The van der Waals surface area contributed by atoms with Gasteiger partial charge in [0.05, 0.1) is 10.0 Å². The van der Waals surface area contributed by atoms with E-state index >= 15 is 0 Å². The van der Waals surface area contributed by atoms with Crippen LogP contribution in [-0.2, 0) is 17.9 Å². The van der Waals surface area contributed by atoms with E-state index in [2.05, 4.69) is 17.4 Å². The number of benzene rings is 2. The molecule has 0 aliphatic carbocycles. The zero-order valence-corrected chi connectivity index (χ0v) is 15.1. The second-order valence-corrected chi connectivity index (χ2v) is 6.82. The fourth-order valence-electron chi connectivity index (χ4n) is 2.85. The van der Waals surface area contributed by atoms with Gasteiger partial charge in [-0.05, 0) is 35.7 Å². The number of fused-ring (bicyclic) bond motifs is 1. The number of carbonyl (C=O) groups excluding carboxylic acids is 2. The molecule has 0 fully saturated rings. The first-order chi connectivity index (χ1) is 12.0. The highest BCUT2D eigenvalue weighted by atomic mass is 35.5. The predicted octanol–water partition coefficient (Wildman–Crippen LogP) is 4.05. The number of amides is 2. The molecule has 6 heteroatoms. The summed E-state index contributed by atoms with van der Waals surface area (Å²) >= 11 is 11.7. The smallest absolute Gasteiger partial charge is 0.251 e. The Kier molecular flexibility index (Phi) is 5.61. The molecule has 4 nitrogen and oxygen atoms in total. The molecule has 2 aromatic rings. The fourth-order valence-corrected chi connectivity index (χ4v) is 3.15. The van der Waals surface area contributed by atoms with Gasteiger partial charge < -0.3 is 10.2 Å². The first-order valence-electron chi connectivity index (χ1n) is 8.12. The topological polar surface area (TPSA) is 49.4 Å². The second kappa shape index (κ2) is 7.89. The largest absolute Gasteiger partial charge is 0.352 e. The molecule has 0 atom stereocenters. The van der Waals surface area contributed by atoms with Gasteiger partial charge in [-0.15, -0.1) is 0 Å². The van der Waals surface area contributed by atoms with Crippen LogP contribution in [0, 0.1) is 0 Å². The summed E-state index contributed by atoms with van der Waals surface area (Å²) < 4.78 is 0. The third kappa shape index (κ3) is 4.33. The van der Waals surface area contributed by atoms with E-state index < -0.39 is 0 Å². The molecule has 0 unspecified atom stereocenters. The van der Waals surface area contributed by atoms with Crippen LogP contribution in [0.3, 0.4) is 0 Å². The van der Waals surface area contributed by atoms with Crippen molar-refractivity contribution in [2.75, 3.05) is 6.54 Å². The molecule has 25 heavy (non-hydrogen) atoms. The van der Waals surface area contributed by atoms with Crippen LogP contribution >= 0.6 is 23.2 Å². The van der Waals surface area contributed by atoms with E-state index in [1.165, 1.54) is 17.2 Å². The minimum atomic E-state index is -0.223. The minimum absolute atomic E-state index is 0.111. The molecule has 1 aliphatic heterocycles. The average molecular weight is 377 g/mol. The van der Waals surface area contributed by atoms with Gasteiger partial charge in [0.15, 0.2) is 0 Å². The molecule has 0 saturated carbocycles. The second-order valence-electron chi connectivity index (χ2n) is 6.01. The summed E-state index contributed by atoms with van der Waals surface area (Å²) in [7, 11) is 0. The van der Waals surface area contributed by atoms with Crippen molar-refractivity contribution in [1.82, 2.24) is 10.2 Å². The third-order valence-corrected chi connectivity index (χ3v) is 4.97. The van der Waals surface area contributed by atoms with E-state index in [9.17, 15) is 9.59 Å². The van der Waals surface area contributed by atoms with Gasteiger partial charge >= 0.3 is 0 Å². The summed E-state index contributed by atoms with van der Waals surface area (Å²) in [6.45, 7) is 1.78. The lowest BCUT2D eigenvalue weighted by Gasteiger charge is -2.15. The molecule has 0 saturated heterocycles. The molecule has 130 valence electrons. The Labute approximate surface area is 156 Å². The maximum absolute atomic E-state index is 12.3. The number of halogens is 2. The first-order valence-corrected chi connectivity index (χ1v) is 8.88. The number of hydrogen-bond donors (Lipinski definition) is 1. The van der Waals surface area contributed by atoms with E-state index in [1.807, 2.05) is 17.0 Å². The molecule has 1 aliphatic rings. The van der Waals surface area contributed by atoms with Crippen LogP contribution in [0.15, 0.2) is 42.5 Å². The third-order valence-electron chi connectivity index (χ3n) is 4.23. The Balaban J connectivity index is 1.42. The van der Waals surface area contributed by atoms with E-state index in [4.69, 9.17) is 23.2 Å². The van der Waals surface area contributed by atoms with Crippen molar-refractivity contribution >= 4 is 35.0 Å². The van der Waals surface area contributed by atoms with Gasteiger partial charge in [-0.25, -0.2) is 0 Å². The normalized spacial score (nSPS) is 12.8. The van der Waals surface area contributed by atoms with E-state index in [0.29, 0.717) is 48.1 Å². The van der Waals surface area contributed by atoms with E-state index in [-0.39, 0.29) is 11.8 Å².